The Bertz CT molecular complexity index is 854. The van der Waals surface area contributed by atoms with Gasteiger partial charge in [0, 0.05) is 6.20 Å². The quantitative estimate of drug-likeness (QED) is 0.594. The molecule has 6 nitrogen and oxygen atoms in total. The Morgan fingerprint density at radius 1 is 1.23 bits per heavy atom. The number of nitrogens with one attached hydrogen (secondary N) is 1. The second-order valence-corrected chi connectivity index (χ2v) is 4.75. The number of nitrogens with zero attached hydrogens (tertiary/aromatic N) is 4. The molecule has 1 N–H and O–H groups in total. The van der Waals surface area contributed by atoms with Gasteiger partial charge in [-0.1, -0.05) is 18.2 Å². The van der Waals surface area contributed by atoms with E-state index in [0.29, 0.717) is 16.3 Å². The highest BCUT2D eigenvalue weighted by Crippen LogP contribution is 2.27. The van der Waals surface area contributed by atoms with Crippen LogP contribution in [0.15, 0.2) is 53.8 Å². The molecule has 1 aromatic carbocycles. The summed E-state index contributed by atoms with van der Waals surface area (Å²) in [6.45, 7) is 0. The Morgan fingerprint density at radius 2 is 2.05 bits per heavy atom. The third-order valence-corrected chi connectivity index (χ3v) is 3.26. The zero-order chi connectivity index (χ0) is 15.4. The number of aromatic amines is 1. The van der Waals surface area contributed by atoms with Gasteiger partial charge < -0.3 is 4.74 Å². The molecule has 0 atom stereocenters. The molecule has 0 saturated carbocycles. The van der Waals surface area contributed by atoms with Crippen LogP contribution in [0.1, 0.15) is 5.69 Å². The predicted octanol–water partition coefficient (Wildman–Crippen LogP) is 2.89. The Labute approximate surface area is 132 Å². The van der Waals surface area contributed by atoms with Crippen LogP contribution in [0.2, 0.25) is 0 Å². The van der Waals surface area contributed by atoms with Gasteiger partial charge in [0.05, 0.1) is 24.6 Å². The summed E-state index contributed by atoms with van der Waals surface area (Å²) >= 11 is 5.24. The van der Waals surface area contributed by atoms with E-state index in [1.54, 1.807) is 24.2 Å². The molecule has 0 aliphatic rings. The minimum absolute atomic E-state index is 0.396. The number of pyridine rings is 1. The van der Waals surface area contributed by atoms with Gasteiger partial charge in [-0.15, -0.1) is 0 Å². The molecule has 0 saturated heterocycles. The molecule has 0 aliphatic carbocycles. The van der Waals surface area contributed by atoms with Gasteiger partial charge in [0.1, 0.15) is 5.75 Å². The molecule has 0 bridgehead atoms. The van der Waals surface area contributed by atoms with E-state index in [9.17, 15) is 0 Å². The van der Waals surface area contributed by atoms with Crippen LogP contribution >= 0.6 is 12.2 Å². The van der Waals surface area contributed by atoms with Crippen LogP contribution in [0.5, 0.6) is 5.75 Å². The topological polar surface area (TPSA) is 68.1 Å². The van der Waals surface area contributed by atoms with Crippen LogP contribution in [0, 0.1) is 4.77 Å². The highest BCUT2D eigenvalue weighted by Gasteiger charge is 2.12. The lowest BCUT2D eigenvalue weighted by molar-refractivity contribution is 0.416. The molecule has 110 valence electrons. The van der Waals surface area contributed by atoms with E-state index in [1.807, 2.05) is 42.5 Å². The first kappa shape index (κ1) is 14.2. The van der Waals surface area contributed by atoms with Gasteiger partial charge in [0.15, 0.2) is 5.82 Å². The third-order valence-electron chi connectivity index (χ3n) is 2.99. The maximum atomic E-state index is 5.36. The van der Waals surface area contributed by atoms with Gasteiger partial charge in [-0.05, 0) is 36.5 Å². The van der Waals surface area contributed by atoms with E-state index in [1.165, 1.54) is 0 Å². The summed E-state index contributed by atoms with van der Waals surface area (Å²) in [4.78, 5) is 4.19. The van der Waals surface area contributed by atoms with Crippen molar-refractivity contribution in [2.75, 3.05) is 7.11 Å². The lowest BCUT2D eigenvalue weighted by Gasteiger charge is -2.06. The van der Waals surface area contributed by atoms with Crippen molar-refractivity contribution in [2.24, 2.45) is 5.10 Å². The summed E-state index contributed by atoms with van der Waals surface area (Å²) in [6, 6.07) is 13.2. The van der Waals surface area contributed by atoms with Gasteiger partial charge in [-0.2, -0.15) is 14.9 Å². The fourth-order valence-corrected chi connectivity index (χ4v) is 2.15. The number of hydrogen-bond acceptors (Lipinski definition) is 5. The number of methoxy groups -OCH3 is 1. The van der Waals surface area contributed by atoms with Crippen molar-refractivity contribution in [1.82, 2.24) is 19.9 Å². The maximum Gasteiger partial charge on any atom is 0.216 e. The molecule has 7 heteroatoms. The number of benzene rings is 1. The average Bonchev–Trinajstić information content (AvgIpc) is 2.94. The Balaban J connectivity index is 2.05. The van der Waals surface area contributed by atoms with Gasteiger partial charge in [0.25, 0.3) is 0 Å². The summed E-state index contributed by atoms with van der Waals surface area (Å²) in [6.07, 6.45) is 3.33. The molecule has 0 unspecified atom stereocenters. The first-order valence-electron chi connectivity index (χ1n) is 6.56. The molecule has 3 aromatic rings. The number of para-hydroxylation sites is 1. The predicted molar refractivity (Wildman–Crippen MR) is 86.6 cm³/mol. The van der Waals surface area contributed by atoms with E-state index >= 15 is 0 Å². The molecular formula is C15H13N5OS. The second kappa shape index (κ2) is 6.31. The van der Waals surface area contributed by atoms with Crippen molar-refractivity contribution in [2.45, 2.75) is 0 Å². The highest BCUT2D eigenvalue weighted by molar-refractivity contribution is 7.71. The monoisotopic (exact) mass is 311 g/mol. The van der Waals surface area contributed by atoms with Gasteiger partial charge in [-0.25, -0.2) is 5.10 Å². The molecular weight excluding hydrogens is 298 g/mol. The standard InChI is InChI=1S/C15H13N5OS/c1-21-13-8-3-2-7-12(13)14-18-19-15(22)20(14)17-10-11-6-4-5-9-16-11/h2-10H,1H3,(H,19,22)/b17-10+. The summed E-state index contributed by atoms with van der Waals surface area (Å²) in [7, 11) is 1.61. The summed E-state index contributed by atoms with van der Waals surface area (Å²) in [5.41, 5.74) is 1.53. The van der Waals surface area contributed by atoms with Crippen molar-refractivity contribution in [3.63, 3.8) is 0 Å². The fraction of sp³-hybridized carbons (Fsp3) is 0.0667. The zero-order valence-corrected chi connectivity index (χ0v) is 12.6. The van der Waals surface area contributed by atoms with Crippen molar-refractivity contribution < 1.29 is 4.74 Å². The molecule has 0 spiro atoms. The molecule has 0 radical (unpaired) electrons. The fourth-order valence-electron chi connectivity index (χ4n) is 1.97. The number of hydrogen-bond donors (Lipinski definition) is 1. The SMILES string of the molecule is COc1ccccc1-c1n[nH]c(=S)n1/N=C/c1ccccn1. The largest absolute Gasteiger partial charge is 0.496 e. The number of H-pyrrole nitrogens is 1. The van der Waals surface area contributed by atoms with Crippen molar-refractivity contribution in [3.05, 3.63) is 59.1 Å². The van der Waals surface area contributed by atoms with E-state index < -0.39 is 0 Å². The lowest BCUT2D eigenvalue weighted by atomic mass is 10.2. The van der Waals surface area contributed by atoms with E-state index in [-0.39, 0.29) is 0 Å². The van der Waals surface area contributed by atoms with Crippen LogP contribution in [-0.2, 0) is 0 Å². The van der Waals surface area contributed by atoms with Crippen LogP contribution < -0.4 is 4.74 Å². The van der Waals surface area contributed by atoms with E-state index in [0.717, 1.165) is 11.3 Å². The Kier molecular flexibility index (Phi) is 4.06. The molecule has 0 aliphatic heterocycles. The van der Waals surface area contributed by atoms with Crippen LogP contribution in [-0.4, -0.2) is 33.2 Å². The minimum atomic E-state index is 0.396. The molecule has 0 fully saturated rings. The van der Waals surface area contributed by atoms with Crippen molar-refractivity contribution in [1.29, 1.82) is 0 Å². The van der Waals surface area contributed by atoms with Crippen LogP contribution in [0.25, 0.3) is 11.4 Å². The Morgan fingerprint density at radius 3 is 2.82 bits per heavy atom. The summed E-state index contributed by atoms with van der Waals surface area (Å²) in [5.74, 6) is 1.28. The van der Waals surface area contributed by atoms with E-state index in [2.05, 4.69) is 20.3 Å². The Hall–Kier alpha value is -2.80. The normalized spacial score (nSPS) is 11.0. The molecule has 2 heterocycles. The summed E-state index contributed by atoms with van der Waals surface area (Å²) in [5, 5.41) is 11.4. The van der Waals surface area contributed by atoms with Crippen LogP contribution in [0.4, 0.5) is 0 Å². The van der Waals surface area contributed by atoms with Crippen molar-refractivity contribution >= 4 is 18.4 Å². The second-order valence-electron chi connectivity index (χ2n) is 4.36. The van der Waals surface area contributed by atoms with Crippen LogP contribution in [0.3, 0.4) is 0 Å². The van der Waals surface area contributed by atoms with E-state index in [4.69, 9.17) is 17.0 Å². The lowest BCUT2D eigenvalue weighted by Crippen LogP contribution is -1.97. The average molecular weight is 311 g/mol. The maximum absolute atomic E-state index is 5.36. The van der Waals surface area contributed by atoms with Gasteiger partial charge in [-0.3, -0.25) is 4.98 Å². The smallest absolute Gasteiger partial charge is 0.216 e. The minimum Gasteiger partial charge on any atom is -0.496 e. The number of aromatic nitrogens is 4. The molecule has 3 rings (SSSR count). The van der Waals surface area contributed by atoms with Gasteiger partial charge in [0.2, 0.25) is 4.77 Å². The first-order valence-corrected chi connectivity index (χ1v) is 6.96. The number of rotatable bonds is 4. The van der Waals surface area contributed by atoms with Crippen molar-refractivity contribution in [3.8, 4) is 17.1 Å². The number of ether oxygens (including phenoxy) is 1. The molecule has 0 amide bonds. The third kappa shape index (κ3) is 2.79. The zero-order valence-electron chi connectivity index (χ0n) is 11.8. The molecule has 22 heavy (non-hydrogen) atoms. The van der Waals surface area contributed by atoms with Gasteiger partial charge >= 0.3 is 0 Å². The highest BCUT2D eigenvalue weighted by atomic mass is 32.1. The first-order chi connectivity index (χ1) is 10.8. The summed E-state index contributed by atoms with van der Waals surface area (Å²) < 4.78 is 7.30. The molecule has 2 aromatic heterocycles.